The van der Waals surface area contributed by atoms with Crippen LogP contribution < -0.4 is 0 Å². The van der Waals surface area contributed by atoms with Crippen LogP contribution in [0.2, 0.25) is 0 Å². The molecule has 0 aliphatic carbocycles. The van der Waals surface area contributed by atoms with Crippen molar-refractivity contribution in [3.63, 3.8) is 0 Å². The van der Waals surface area contributed by atoms with E-state index in [0.717, 1.165) is 24.8 Å². The number of halogens is 3. The average Bonchev–Trinajstić information content (AvgIpc) is 2.60. The Kier molecular flexibility index (Phi) is 5.48. The maximum absolute atomic E-state index is 14.6. The van der Waals surface area contributed by atoms with Crippen molar-refractivity contribution in [3.8, 4) is 11.1 Å². The second-order valence-corrected chi connectivity index (χ2v) is 6.89. The van der Waals surface area contributed by atoms with E-state index in [9.17, 15) is 13.2 Å². The fourth-order valence-corrected chi connectivity index (χ4v) is 3.36. The lowest BCUT2D eigenvalue weighted by Gasteiger charge is -2.27. The Morgan fingerprint density at radius 3 is 2.40 bits per heavy atom. The first-order chi connectivity index (χ1) is 12.0. The van der Waals surface area contributed by atoms with Crippen molar-refractivity contribution in [3.05, 3.63) is 58.9 Å². The number of hydrogen-bond acceptors (Lipinski definition) is 1. The van der Waals surface area contributed by atoms with Crippen LogP contribution in [0.4, 0.5) is 13.2 Å². The lowest BCUT2D eigenvalue weighted by molar-refractivity contribution is -0.0125. The Bertz CT molecular complexity index is 749. The fourth-order valence-electron chi connectivity index (χ4n) is 3.36. The number of hydrogen-bond donors (Lipinski definition) is 0. The number of benzene rings is 2. The Hall–Kier alpha value is -1.81. The molecule has 0 spiro atoms. The molecule has 1 aliphatic heterocycles. The molecule has 2 aromatic carbocycles. The quantitative estimate of drug-likeness (QED) is 0.638. The van der Waals surface area contributed by atoms with E-state index in [-0.39, 0.29) is 17.2 Å². The van der Waals surface area contributed by atoms with Gasteiger partial charge in [-0.25, -0.2) is 13.2 Å². The highest BCUT2D eigenvalue weighted by molar-refractivity contribution is 5.66. The van der Waals surface area contributed by atoms with E-state index in [0.29, 0.717) is 24.5 Å². The van der Waals surface area contributed by atoms with Crippen LogP contribution in [0.3, 0.4) is 0 Å². The molecule has 0 bridgehead atoms. The van der Waals surface area contributed by atoms with Gasteiger partial charge in [0, 0.05) is 17.7 Å². The SMILES string of the molecule is CCCc1ccc(-c2ccc(C3CCC(C)CO3)cc2F)c(F)c1F. The monoisotopic (exact) mass is 348 g/mol. The van der Waals surface area contributed by atoms with Crippen molar-refractivity contribution in [1.82, 2.24) is 0 Å². The van der Waals surface area contributed by atoms with E-state index in [1.807, 2.05) is 6.92 Å². The lowest BCUT2D eigenvalue weighted by Crippen LogP contribution is -2.18. The van der Waals surface area contributed by atoms with Crippen LogP contribution in [0.5, 0.6) is 0 Å². The van der Waals surface area contributed by atoms with Crippen LogP contribution in [0.1, 0.15) is 50.3 Å². The molecule has 1 aliphatic rings. The van der Waals surface area contributed by atoms with Crippen molar-refractivity contribution >= 4 is 0 Å². The molecular formula is C21H23F3O. The third-order valence-electron chi connectivity index (χ3n) is 4.84. The molecule has 2 aromatic rings. The van der Waals surface area contributed by atoms with Gasteiger partial charge in [-0.1, -0.05) is 44.5 Å². The minimum atomic E-state index is -0.986. The minimum Gasteiger partial charge on any atom is -0.373 e. The summed E-state index contributed by atoms with van der Waals surface area (Å²) in [4.78, 5) is 0. The molecule has 2 unspecified atom stereocenters. The van der Waals surface area contributed by atoms with Gasteiger partial charge in [0.15, 0.2) is 11.6 Å². The molecule has 1 heterocycles. The maximum Gasteiger partial charge on any atom is 0.167 e. The predicted molar refractivity (Wildman–Crippen MR) is 92.8 cm³/mol. The van der Waals surface area contributed by atoms with Gasteiger partial charge < -0.3 is 4.74 Å². The van der Waals surface area contributed by atoms with Crippen LogP contribution in [-0.2, 0) is 11.2 Å². The van der Waals surface area contributed by atoms with Gasteiger partial charge in [0.05, 0.1) is 6.10 Å². The van der Waals surface area contributed by atoms with Gasteiger partial charge in [-0.3, -0.25) is 0 Å². The number of rotatable bonds is 4. The van der Waals surface area contributed by atoms with E-state index in [2.05, 4.69) is 6.92 Å². The molecular weight excluding hydrogens is 325 g/mol. The molecule has 1 fully saturated rings. The number of ether oxygens (including phenoxy) is 1. The summed E-state index contributed by atoms with van der Waals surface area (Å²) < 4.78 is 48.9. The Balaban J connectivity index is 1.90. The van der Waals surface area contributed by atoms with E-state index in [1.165, 1.54) is 24.3 Å². The summed E-state index contributed by atoms with van der Waals surface area (Å²) >= 11 is 0. The summed E-state index contributed by atoms with van der Waals surface area (Å²) in [6.45, 7) is 4.68. The normalized spacial score (nSPS) is 20.7. The standard InChI is InChI=1S/C21H23F3O/c1-3-4-14-6-9-17(21(24)20(14)23)16-8-7-15(11-18(16)22)19-10-5-13(2)12-25-19/h6-9,11,13,19H,3-5,10,12H2,1-2H3. The highest BCUT2D eigenvalue weighted by Gasteiger charge is 2.22. The van der Waals surface area contributed by atoms with Gasteiger partial charge >= 0.3 is 0 Å². The summed E-state index contributed by atoms with van der Waals surface area (Å²) in [6.07, 6.45) is 2.93. The number of aryl methyl sites for hydroxylation is 1. The van der Waals surface area contributed by atoms with E-state index < -0.39 is 17.5 Å². The molecule has 1 saturated heterocycles. The van der Waals surface area contributed by atoms with Crippen LogP contribution >= 0.6 is 0 Å². The van der Waals surface area contributed by atoms with Crippen molar-refractivity contribution in [1.29, 1.82) is 0 Å². The minimum absolute atomic E-state index is 0.0420. The fraction of sp³-hybridized carbons (Fsp3) is 0.429. The Morgan fingerprint density at radius 2 is 1.76 bits per heavy atom. The van der Waals surface area contributed by atoms with Gasteiger partial charge in [0.25, 0.3) is 0 Å². The predicted octanol–water partition coefficient (Wildman–Crippen LogP) is 6.21. The van der Waals surface area contributed by atoms with Gasteiger partial charge in [0.1, 0.15) is 5.82 Å². The van der Waals surface area contributed by atoms with Crippen LogP contribution in [0.15, 0.2) is 30.3 Å². The second-order valence-electron chi connectivity index (χ2n) is 6.89. The van der Waals surface area contributed by atoms with Crippen molar-refractivity contribution in [2.24, 2.45) is 5.92 Å². The van der Waals surface area contributed by atoms with Crippen LogP contribution in [0.25, 0.3) is 11.1 Å². The van der Waals surface area contributed by atoms with Gasteiger partial charge in [0.2, 0.25) is 0 Å². The van der Waals surface area contributed by atoms with E-state index >= 15 is 0 Å². The summed E-state index contributed by atoms with van der Waals surface area (Å²) in [5, 5.41) is 0. The molecule has 4 heteroatoms. The third-order valence-corrected chi connectivity index (χ3v) is 4.84. The van der Waals surface area contributed by atoms with E-state index in [4.69, 9.17) is 4.74 Å². The van der Waals surface area contributed by atoms with Crippen molar-refractivity contribution < 1.29 is 17.9 Å². The first-order valence-corrected chi connectivity index (χ1v) is 8.89. The molecule has 25 heavy (non-hydrogen) atoms. The highest BCUT2D eigenvalue weighted by Crippen LogP contribution is 2.34. The smallest absolute Gasteiger partial charge is 0.167 e. The molecule has 0 aromatic heterocycles. The highest BCUT2D eigenvalue weighted by atomic mass is 19.2. The summed E-state index contributed by atoms with van der Waals surface area (Å²) in [6, 6.07) is 7.64. The molecule has 0 N–H and O–H groups in total. The zero-order valence-electron chi connectivity index (χ0n) is 14.6. The Labute approximate surface area is 146 Å². The molecule has 0 amide bonds. The largest absolute Gasteiger partial charge is 0.373 e. The third kappa shape index (κ3) is 3.74. The van der Waals surface area contributed by atoms with Gasteiger partial charge in [-0.05, 0) is 42.4 Å². The second kappa shape index (κ2) is 7.61. The summed E-state index contributed by atoms with van der Waals surface area (Å²) in [7, 11) is 0. The molecule has 3 rings (SSSR count). The van der Waals surface area contributed by atoms with Crippen LogP contribution in [-0.4, -0.2) is 6.61 Å². The summed E-state index contributed by atoms with van der Waals surface area (Å²) in [5.74, 6) is -1.91. The summed E-state index contributed by atoms with van der Waals surface area (Å²) in [5.41, 5.74) is 1.11. The Morgan fingerprint density at radius 1 is 1.00 bits per heavy atom. The topological polar surface area (TPSA) is 9.23 Å². The van der Waals surface area contributed by atoms with Crippen LogP contribution in [0, 0.1) is 23.4 Å². The van der Waals surface area contributed by atoms with E-state index in [1.54, 1.807) is 6.07 Å². The molecule has 1 nitrogen and oxygen atoms in total. The lowest BCUT2D eigenvalue weighted by atomic mass is 9.94. The zero-order chi connectivity index (χ0) is 18.0. The molecule has 0 saturated carbocycles. The zero-order valence-corrected chi connectivity index (χ0v) is 14.6. The van der Waals surface area contributed by atoms with Gasteiger partial charge in [-0.2, -0.15) is 0 Å². The molecule has 2 atom stereocenters. The average molecular weight is 348 g/mol. The van der Waals surface area contributed by atoms with Gasteiger partial charge in [-0.15, -0.1) is 0 Å². The molecule has 134 valence electrons. The van der Waals surface area contributed by atoms with Crippen molar-refractivity contribution in [2.45, 2.75) is 45.6 Å². The van der Waals surface area contributed by atoms with Crippen molar-refractivity contribution in [2.75, 3.05) is 6.61 Å². The maximum atomic E-state index is 14.6. The molecule has 0 radical (unpaired) electrons. The first-order valence-electron chi connectivity index (χ1n) is 8.89. The first kappa shape index (κ1) is 18.0.